The van der Waals surface area contributed by atoms with Crippen molar-refractivity contribution in [2.75, 3.05) is 0 Å². The average molecular weight is 278 g/mol. The first kappa shape index (κ1) is 15.7. The van der Waals surface area contributed by atoms with Gasteiger partial charge in [-0.15, -0.1) is 0 Å². The molecule has 0 bridgehead atoms. The summed E-state index contributed by atoms with van der Waals surface area (Å²) in [5.41, 5.74) is 0.786. The third-order valence-corrected chi connectivity index (χ3v) is 3.89. The normalized spacial score (nSPS) is 14.5. The number of benzene rings is 1. The summed E-state index contributed by atoms with van der Waals surface area (Å²) in [5, 5.41) is 9.84. The Labute approximate surface area is 120 Å². The van der Waals surface area contributed by atoms with E-state index < -0.39 is 5.92 Å². The van der Waals surface area contributed by atoms with Gasteiger partial charge in [0.25, 0.3) is 0 Å². The number of rotatable bonds is 4. The Morgan fingerprint density at radius 3 is 2.26 bits per heavy atom. The van der Waals surface area contributed by atoms with Crippen LogP contribution in [-0.4, -0.2) is 5.78 Å². The first-order chi connectivity index (χ1) is 8.75. The molecule has 0 aromatic heterocycles. The van der Waals surface area contributed by atoms with E-state index in [9.17, 15) is 10.1 Å². The van der Waals surface area contributed by atoms with E-state index in [0.29, 0.717) is 11.4 Å². The number of hydrogen-bond acceptors (Lipinski definition) is 2. The minimum absolute atomic E-state index is 0.0211. The van der Waals surface area contributed by atoms with Gasteiger partial charge in [-0.2, -0.15) is 5.26 Å². The summed E-state index contributed by atoms with van der Waals surface area (Å²) >= 11 is 5.82. The first-order valence-corrected chi connectivity index (χ1v) is 6.81. The molecule has 0 saturated carbocycles. The fourth-order valence-electron chi connectivity index (χ4n) is 1.71. The second-order valence-electron chi connectivity index (χ2n) is 6.05. The Bertz CT molecular complexity index is 479. The van der Waals surface area contributed by atoms with Crippen molar-refractivity contribution >= 4 is 17.4 Å². The van der Waals surface area contributed by atoms with Gasteiger partial charge < -0.3 is 0 Å². The van der Waals surface area contributed by atoms with E-state index in [4.69, 9.17) is 11.6 Å². The van der Waals surface area contributed by atoms with Crippen LogP contribution in [0.25, 0.3) is 0 Å². The van der Waals surface area contributed by atoms with Crippen LogP contribution in [0.2, 0.25) is 5.02 Å². The zero-order valence-corrected chi connectivity index (χ0v) is 12.7. The lowest BCUT2D eigenvalue weighted by Gasteiger charge is -2.27. The molecule has 0 radical (unpaired) electrons. The van der Waals surface area contributed by atoms with E-state index in [2.05, 4.69) is 26.8 Å². The van der Waals surface area contributed by atoms with E-state index in [0.717, 1.165) is 5.56 Å². The molecular weight excluding hydrogens is 258 g/mol. The number of hydrogen-bond donors (Lipinski definition) is 0. The number of carbonyl (C=O) groups excluding carboxylic acids is 1. The Morgan fingerprint density at radius 2 is 1.84 bits per heavy atom. The summed E-state index contributed by atoms with van der Waals surface area (Å²) in [4.78, 5) is 12.3. The molecule has 3 heteroatoms. The summed E-state index contributed by atoms with van der Waals surface area (Å²) in [6.07, 6.45) is 0.421. The van der Waals surface area contributed by atoms with E-state index >= 15 is 0 Å². The number of nitriles is 1. The number of carbonyl (C=O) groups is 1. The van der Waals surface area contributed by atoms with Gasteiger partial charge in [-0.25, -0.2) is 0 Å². The molecule has 2 unspecified atom stereocenters. The zero-order chi connectivity index (χ0) is 14.6. The topological polar surface area (TPSA) is 40.9 Å². The van der Waals surface area contributed by atoms with Gasteiger partial charge in [0.15, 0.2) is 5.78 Å². The maximum absolute atomic E-state index is 12.3. The SMILES string of the molecule is CC(CC(=O)C(C#N)c1ccc(Cl)cc1)C(C)(C)C. The Hall–Kier alpha value is -1.33. The van der Waals surface area contributed by atoms with Crippen molar-refractivity contribution in [2.24, 2.45) is 11.3 Å². The predicted octanol–water partition coefficient (Wildman–Crippen LogP) is 4.59. The van der Waals surface area contributed by atoms with E-state index in [1.165, 1.54) is 0 Å². The highest BCUT2D eigenvalue weighted by Crippen LogP contribution is 2.30. The molecule has 0 aliphatic heterocycles. The van der Waals surface area contributed by atoms with Crippen LogP contribution in [0.3, 0.4) is 0 Å². The number of nitrogens with zero attached hydrogens (tertiary/aromatic N) is 1. The zero-order valence-electron chi connectivity index (χ0n) is 11.9. The Morgan fingerprint density at radius 1 is 1.32 bits per heavy atom. The van der Waals surface area contributed by atoms with Crippen LogP contribution in [0.5, 0.6) is 0 Å². The van der Waals surface area contributed by atoms with Crippen LogP contribution in [0.15, 0.2) is 24.3 Å². The van der Waals surface area contributed by atoms with E-state index in [1.54, 1.807) is 24.3 Å². The predicted molar refractivity (Wildman–Crippen MR) is 78.0 cm³/mol. The Balaban J connectivity index is 2.84. The highest BCUT2D eigenvalue weighted by atomic mass is 35.5. The smallest absolute Gasteiger partial charge is 0.154 e. The van der Waals surface area contributed by atoms with Crippen molar-refractivity contribution in [1.29, 1.82) is 5.26 Å². The molecule has 0 heterocycles. The largest absolute Gasteiger partial charge is 0.298 e. The summed E-state index contributed by atoms with van der Waals surface area (Å²) in [6.45, 7) is 8.37. The van der Waals surface area contributed by atoms with Crippen molar-refractivity contribution < 1.29 is 4.79 Å². The van der Waals surface area contributed by atoms with Crippen LogP contribution in [0.1, 0.15) is 45.6 Å². The van der Waals surface area contributed by atoms with Crippen molar-refractivity contribution in [2.45, 2.75) is 40.0 Å². The third-order valence-electron chi connectivity index (χ3n) is 3.64. The molecule has 102 valence electrons. The summed E-state index contributed by atoms with van der Waals surface area (Å²) in [6, 6.07) is 9.01. The lowest BCUT2D eigenvalue weighted by molar-refractivity contribution is -0.120. The first-order valence-electron chi connectivity index (χ1n) is 6.43. The quantitative estimate of drug-likeness (QED) is 0.808. The number of ketones is 1. The average Bonchev–Trinajstić information content (AvgIpc) is 2.31. The molecule has 1 aromatic rings. The summed E-state index contributed by atoms with van der Waals surface area (Å²) in [5.74, 6) is -0.475. The molecule has 0 saturated heterocycles. The van der Waals surface area contributed by atoms with Gasteiger partial charge >= 0.3 is 0 Å². The molecule has 19 heavy (non-hydrogen) atoms. The maximum Gasteiger partial charge on any atom is 0.154 e. The van der Waals surface area contributed by atoms with E-state index in [-0.39, 0.29) is 17.1 Å². The molecule has 0 N–H and O–H groups in total. The lowest BCUT2D eigenvalue weighted by atomic mass is 9.77. The van der Waals surface area contributed by atoms with E-state index in [1.807, 2.05) is 6.92 Å². The molecule has 2 nitrogen and oxygen atoms in total. The maximum atomic E-state index is 12.3. The lowest BCUT2D eigenvalue weighted by Crippen LogP contribution is -2.23. The van der Waals surface area contributed by atoms with Crippen molar-refractivity contribution in [3.63, 3.8) is 0 Å². The highest BCUT2D eigenvalue weighted by Gasteiger charge is 2.27. The van der Waals surface area contributed by atoms with Gasteiger partial charge in [0.1, 0.15) is 5.92 Å². The standard InChI is InChI=1S/C16H20ClNO/c1-11(16(2,3)4)9-15(19)14(10-18)12-5-7-13(17)8-6-12/h5-8,11,14H,9H2,1-4H3. The van der Waals surface area contributed by atoms with Gasteiger partial charge in [-0.3, -0.25) is 4.79 Å². The van der Waals surface area contributed by atoms with Gasteiger partial charge in [0.05, 0.1) is 6.07 Å². The fourth-order valence-corrected chi connectivity index (χ4v) is 1.84. The van der Waals surface area contributed by atoms with Gasteiger partial charge in [0, 0.05) is 11.4 Å². The highest BCUT2D eigenvalue weighted by molar-refractivity contribution is 6.30. The molecule has 0 aliphatic carbocycles. The van der Waals surface area contributed by atoms with Gasteiger partial charge in [-0.05, 0) is 29.0 Å². The van der Waals surface area contributed by atoms with Crippen molar-refractivity contribution in [3.05, 3.63) is 34.9 Å². The van der Waals surface area contributed by atoms with Gasteiger partial charge in [0.2, 0.25) is 0 Å². The monoisotopic (exact) mass is 277 g/mol. The molecule has 0 fully saturated rings. The van der Waals surface area contributed by atoms with Crippen LogP contribution in [0, 0.1) is 22.7 Å². The second-order valence-corrected chi connectivity index (χ2v) is 6.49. The molecule has 1 rings (SSSR count). The van der Waals surface area contributed by atoms with Crippen molar-refractivity contribution in [1.82, 2.24) is 0 Å². The fraction of sp³-hybridized carbons (Fsp3) is 0.500. The molecule has 0 amide bonds. The van der Waals surface area contributed by atoms with Crippen molar-refractivity contribution in [3.8, 4) is 6.07 Å². The number of halogens is 1. The summed E-state index contributed by atoms with van der Waals surface area (Å²) in [7, 11) is 0. The Kier molecular flexibility index (Phi) is 5.14. The second kappa shape index (κ2) is 6.21. The molecular formula is C16H20ClNO. The number of Topliss-reactive ketones (excluding diaryl/α,β-unsaturated/α-hetero) is 1. The van der Waals surface area contributed by atoms with Crippen LogP contribution >= 0.6 is 11.6 Å². The minimum atomic E-state index is -0.693. The molecule has 0 spiro atoms. The van der Waals surface area contributed by atoms with Crippen LogP contribution in [-0.2, 0) is 4.79 Å². The van der Waals surface area contributed by atoms with Gasteiger partial charge in [-0.1, -0.05) is 51.4 Å². The minimum Gasteiger partial charge on any atom is -0.298 e. The third kappa shape index (κ3) is 4.36. The summed E-state index contributed by atoms with van der Waals surface area (Å²) < 4.78 is 0. The molecule has 0 aliphatic rings. The van der Waals surface area contributed by atoms with Crippen LogP contribution in [0.4, 0.5) is 0 Å². The molecule has 2 atom stereocenters. The molecule has 1 aromatic carbocycles. The van der Waals surface area contributed by atoms with Crippen LogP contribution < -0.4 is 0 Å².